The Kier molecular flexibility index (Phi) is 2.91. The van der Waals surface area contributed by atoms with Crippen LogP contribution in [0, 0.1) is 0 Å². The lowest BCUT2D eigenvalue weighted by atomic mass is 10.1. The topological polar surface area (TPSA) is 86.9 Å². The number of hydrogen-bond acceptors (Lipinski definition) is 3. The lowest BCUT2D eigenvalue weighted by molar-refractivity contribution is -0.122. The Balaban J connectivity index is 1.71. The molecule has 1 unspecified atom stereocenters. The summed E-state index contributed by atoms with van der Waals surface area (Å²) in [6.07, 6.45) is 2.86. The van der Waals surface area contributed by atoms with Crippen LogP contribution in [0.2, 0.25) is 0 Å². The van der Waals surface area contributed by atoms with Crippen molar-refractivity contribution in [2.24, 2.45) is 0 Å². The molecular weight excluding hydrogens is 244 g/mol. The van der Waals surface area contributed by atoms with Crippen LogP contribution in [0.3, 0.4) is 0 Å². The molecule has 0 spiro atoms. The smallest absolute Gasteiger partial charge is 0.251 e. The van der Waals surface area contributed by atoms with Crippen LogP contribution >= 0.6 is 0 Å². The van der Waals surface area contributed by atoms with E-state index < -0.39 is 0 Å². The second kappa shape index (κ2) is 4.72. The van der Waals surface area contributed by atoms with Crippen LogP contribution in [-0.4, -0.2) is 34.6 Å². The summed E-state index contributed by atoms with van der Waals surface area (Å²) in [6.45, 7) is 0.497. The van der Waals surface area contributed by atoms with Crippen molar-refractivity contribution in [1.82, 2.24) is 20.8 Å². The molecule has 2 amide bonds. The van der Waals surface area contributed by atoms with Gasteiger partial charge in [-0.1, -0.05) is 6.07 Å². The first-order valence-corrected chi connectivity index (χ1v) is 6.23. The monoisotopic (exact) mass is 258 g/mol. The highest BCUT2D eigenvalue weighted by atomic mass is 16.2. The van der Waals surface area contributed by atoms with E-state index >= 15 is 0 Å². The van der Waals surface area contributed by atoms with Crippen LogP contribution in [-0.2, 0) is 4.79 Å². The number of nitrogens with zero attached hydrogens (tertiary/aromatic N) is 1. The molecule has 1 aliphatic rings. The number of fused-ring (bicyclic) bond motifs is 1. The highest BCUT2D eigenvalue weighted by Crippen LogP contribution is 2.13. The van der Waals surface area contributed by atoms with Gasteiger partial charge < -0.3 is 10.6 Å². The molecule has 3 N–H and O–H groups in total. The number of hydrogen-bond donors (Lipinski definition) is 3. The first kappa shape index (κ1) is 11.7. The van der Waals surface area contributed by atoms with E-state index in [9.17, 15) is 9.59 Å². The molecule has 0 radical (unpaired) electrons. The number of H-pyrrole nitrogens is 1. The van der Waals surface area contributed by atoms with Crippen LogP contribution < -0.4 is 10.6 Å². The molecule has 98 valence electrons. The average Bonchev–Trinajstić information content (AvgIpc) is 2.88. The second-order valence-corrected chi connectivity index (χ2v) is 4.69. The maximum Gasteiger partial charge on any atom is 0.251 e. The molecule has 2 aromatic rings. The molecule has 6 nitrogen and oxygen atoms in total. The van der Waals surface area contributed by atoms with Crippen LogP contribution in [0.25, 0.3) is 10.9 Å². The molecule has 1 aromatic heterocycles. The predicted molar refractivity (Wildman–Crippen MR) is 69.6 cm³/mol. The van der Waals surface area contributed by atoms with E-state index in [1.165, 1.54) is 0 Å². The van der Waals surface area contributed by atoms with E-state index in [1.54, 1.807) is 18.3 Å². The quantitative estimate of drug-likeness (QED) is 0.736. The van der Waals surface area contributed by atoms with Crippen LogP contribution in [0.15, 0.2) is 24.4 Å². The van der Waals surface area contributed by atoms with Gasteiger partial charge in [-0.2, -0.15) is 5.10 Å². The molecule has 1 saturated heterocycles. The number of amides is 2. The normalized spacial score (nSPS) is 19.2. The third kappa shape index (κ3) is 2.42. The fraction of sp³-hybridized carbons (Fsp3) is 0.308. The van der Waals surface area contributed by atoms with Gasteiger partial charge in [-0.25, -0.2) is 0 Å². The van der Waals surface area contributed by atoms with Gasteiger partial charge in [-0.3, -0.25) is 14.7 Å². The van der Waals surface area contributed by atoms with E-state index in [1.807, 2.05) is 6.07 Å². The van der Waals surface area contributed by atoms with Gasteiger partial charge in [0.25, 0.3) is 5.91 Å². The van der Waals surface area contributed by atoms with Crippen molar-refractivity contribution in [1.29, 1.82) is 0 Å². The lowest BCUT2D eigenvalue weighted by Gasteiger charge is -2.23. The van der Waals surface area contributed by atoms with E-state index in [4.69, 9.17) is 0 Å². The predicted octanol–water partition coefficient (Wildman–Crippen LogP) is 0.571. The van der Waals surface area contributed by atoms with Gasteiger partial charge in [0, 0.05) is 30.0 Å². The van der Waals surface area contributed by atoms with Gasteiger partial charge in [0.05, 0.1) is 11.7 Å². The van der Waals surface area contributed by atoms with Gasteiger partial charge in [0.2, 0.25) is 5.91 Å². The fourth-order valence-electron chi connectivity index (χ4n) is 2.20. The summed E-state index contributed by atoms with van der Waals surface area (Å²) in [5.41, 5.74) is 1.43. The summed E-state index contributed by atoms with van der Waals surface area (Å²) >= 11 is 0. The molecule has 6 heteroatoms. The van der Waals surface area contributed by atoms with Crippen molar-refractivity contribution in [3.8, 4) is 0 Å². The Hall–Kier alpha value is -2.37. The van der Waals surface area contributed by atoms with Crippen molar-refractivity contribution >= 4 is 22.7 Å². The zero-order chi connectivity index (χ0) is 13.2. The molecule has 0 aliphatic carbocycles. The van der Waals surface area contributed by atoms with Crippen molar-refractivity contribution in [2.75, 3.05) is 6.54 Å². The Morgan fingerprint density at radius 2 is 2.32 bits per heavy atom. The Bertz CT molecular complexity index is 624. The zero-order valence-electron chi connectivity index (χ0n) is 10.3. The molecular formula is C13H14N4O2. The van der Waals surface area contributed by atoms with Crippen molar-refractivity contribution in [3.05, 3.63) is 30.0 Å². The number of rotatable bonds is 2. The standard InChI is InChI=1S/C13H14N4O2/c18-12-4-3-10(7-14-12)16-13(19)8-1-2-9-6-15-17-11(9)5-8/h1-2,5-6,10H,3-4,7H2,(H,14,18)(H,15,17)(H,16,19). The second-order valence-electron chi connectivity index (χ2n) is 4.69. The van der Waals surface area contributed by atoms with Gasteiger partial charge in [-0.05, 0) is 18.6 Å². The third-order valence-electron chi connectivity index (χ3n) is 3.30. The Morgan fingerprint density at radius 1 is 1.42 bits per heavy atom. The number of nitrogens with one attached hydrogen (secondary N) is 3. The molecule has 3 rings (SSSR count). The van der Waals surface area contributed by atoms with E-state index in [0.717, 1.165) is 10.9 Å². The average molecular weight is 258 g/mol. The molecule has 0 saturated carbocycles. The number of aromatic amines is 1. The molecule has 1 atom stereocenters. The molecule has 1 fully saturated rings. The lowest BCUT2D eigenvalue weighted by Crippen LogP contribution is -2.47. The number of benzene rings is 1. The molecule has 2 heterocycles. The largest absolute Gasteiger partial charge is 0.354 e. The number of piperidine rings is 1. The number of carbonyl (C=O) groups excluding carboxylic acids is 2. The Morgan fingerprint density at radius 3 is 3.11 bits per heavy atom. The van der Waals surface area contributed by atoms with Crippen molar-refractivity contribution in [3.63, 3.8) is 0 Å². The van der Waals surface area contributed by atoms with Crippen molar-refractivity contribution < 1.29 is 9.59 Å². The van der Waals surface area contributed by atoms with E-state index in [2.05, 4.69) is 20.8 Å². The summed E-state index contributed by atoms with van der Waals surface area (Å²) in [5, 5.41) is 13.4. The summed E-state index contributed by atoms with van der Waals surface area (Å²) in [5.74, 6) is -0.0815. The summed E-state index contributed by atoms with van der Waals surface area (Å²) in [7, 11) is 0. The maximum atomic E-state index is 12.1. The van der Waals surface area contributed by atoms with E-state index in [0.29, 0.717) is 24.9 Å². The molecule has 1 aliphatic heterocycles. The summed E-state index contributed by atoms with van der Waals surface area (Å²) < 4.78 is 0. The highest BCUT2D eigenvalue weighted by Gasteiger charge is 2.20. The minimum atomic E-state index is -0.127. The van der Waals surface area contributed by atoms with Gasteiger partial charge in [-0.15, -0.1) is 0 Å². The minimum Gasteiger partial charge on any atom is -0.354 e. The molecule has 0 bridgehead atoms. The van der Waals surface area contributed by atoms with E-state index in [-0.39, 0.29) is 17.9 Å². The first-order valence-electron chi connectivity index (χ1n) is 6.23. The first-order chi connectivity index (χ1) is 9.22. The van der Waals surface area contributed by atoms with Crippen LogP contribution in [0.4, 0.5) is 0 Å². The Labute approximate surface area is 109 Å². The van der Waals surface area contributed by atoms with Gasteiger partial charge in [0.1, 0.15) is 0 Å². The van der Waals surface area contributed by atoms with Crippen LogP contribution in [0.1, 0.15) is 23.2 Å². The van der Waals surface area contributed by atoms with Gasteiger partial charge >= 0.3 is 0 Å². The molecule has 19 heavy (non-hydrogen) atoms. The number of aromatic nitrogens is 2. The highest BCUT2D eigenvalue weighted by molar-refractivity contribution is 5.98. The maximum absolute atomic E-state index is 12.1. The van der Waals surface area contributed by atoms with Gasteiger partial charge in [0.15, 0.2) is 0 Å². The molecule has 1 aromatic carbocycles. The van der Waals surface area contributed by atoms with Crippen LogP contribution in [0.5, 0.6) is 0 Å². The fourth-order valence-corrected chi connectivity index (χ4v) is 2.20. The summed E-state index contributed by atoms with van der Waals surface area (Å²) in [6, 6.07) is 5.41. The minimum absolute atomic E-state index is 0.00247. The third-order valence-corrected chi connectivity index (χ3v) is 3.30. The summed E-state index contributed by atoms with van der Waals surface area (Å²) in [4.78, 5) is 23.1. The SMILES string of the molecule is O=C1CCC(NC(=O)c2ccc3cn[nH]c3c2)CN1. The number of carbonyl (C=O) groups is 2. The zero-order valence-corrected chi connectivity index (χ0v) is 10.3. The van der Waals surface area contributed by atoms with Crippen molar-refractivity contribution in [2.45, 2.75) is 18.9 Å².